The number of benzene rings is 1. The van der Waals surface area contributed by atoms with Crippen LogP contribution in [-0.2, 0) is 13.1 Å². The third-order valence-corrected chi connectivity index (χ3v) is 3.11. The molecule has 7 heteroatoms. The molecule has 0 unspecified atom stereocenters. The molecule has 1 aromatic carbocycles. The van der Waals surface area contributed by atoms with Crippen LogP contribution in [0.15, 0.2) is 36.5 Å². The van der Waals surface area contributed by atoms with E-state index in [0.717, 1.165) is 5.56 Å². The zero-order valence-corrected chi connectivity index (χ0v) is 12.5. The molecule has 2 aromatic rings. The summed E-state index contributed by atoms with van der Waals surface area (Å²) in [5, 5.41) is 10.5. The summed E-state index contributed by atoms with van der Waals surface area (Å²) in [4.78, 5) is 11.4. The van der Waals surface area contributed by atoms with Gasteiger partial charge in [0.1, 0.15) is 0 Å². The molecule has 21 heavy (non-hydrogen) atoms. The van der Waals surface area contributed by atoms with E-state index in [1.54, 1.807) is 10.9 Å². The highest BCUT2D eigenvalue weighted by Crippen LogP contribution is 2.13. The quantitative estimate of drug-likeness (QED) is 0.729. The van der Waals surface area contributed by atoms with Crippen molar-refractivity contribution in [2.45, 2.75) is 20.0 Å². The number of nitrogens with zero attached hydrogens (tertiary/aromatic N) is 2. The molecule has 6 nitrogen and oxygen atoms in total. The Bertz CT molecular complexity index is 638. The Hall–Kier alpha value is -2.41. The number of nitrogens with two attached hydrogens (primary N) is 1. The van der Waals surface area contributed by atoms with Crippen molar-refractivity contribution in [2.75, 3.05) is 5.32 Å². The van der Waals surface area contributed by atoms with Crippen molar-refractivity contribution in [1.29, 1.82) is 0 Å². The fraction of sp³-hybridized carbons (Fsp3) is 0.214. The van der Waals surface area contributed by atoms with Crippen molar-refractivity contribution in [3.8, 4) is 0 Å². The van der Waals surface area contributed by atoms with Crippen molar-refractivity contribution in [3.63, 3.8) is 0 Å². The number of aromatic nitrogens is 2. The number of thiocarbonyl (C=S) groups is 1. The lowest BCUT2D eigenvalue weighted by atomic mass is 10.2. The molecule has 110 valence electrons. The first kappa shape index (κ1) is 15.0. The van der Waals surface area contributed by atoms with Gasteiger partial charge in [0, 0.05) is 19.3 Å². The van der Waals surface area contributed by atoms with Crippen molar-refractivity contribution in [1.82, 2.24) is 15.1 Å². The van der Waals surface area contributed by atoms with Gasteiger partial charge in [0.2, 0.25) is 0 Å². The summed E-state index contributed by atoms with van der Waals surface area (Å²) in [6.07, 6.45) is 1.70. The summed E-state index contributed by atoms with van der Waals surface area (Å²) >= 11 is 5.22. The largest absolute Gasteiger partial charge is 0.364 e. The number of primary amides is 1. The molecular formula is C14H17N5OS. The number of hydrogen-bond acceptors (Lipinski definition) is 3. The Morgan fingerprint density at radius 3 is 2.71 bits per heavy atom. The van der Waals surface area contributed by atoms with Crippen molar-refractivity contribution < 1.29 is 4.79 Å². The number of rotatable bonds is 5. The van der Waals surface area contributed by atoms with E-state index in [2.05, 4.69) is 15.7 Å². The van der Waals surface area contributed by atoms with Gasteiger partial charge in [-0.05, 0) is 24.7 Å². The van der Waals surface area contributed by atoms with Gasteiger partial charge in [-0.3, -0.25) is 9.48 Å². The van der Waals surface area contributed by atoms with Crippen LogP contribution in [0.1, 0.15) is 23.0 Å². The van der Waals surface area contributed by atoms with Crippen LogP contribution in [0.4, 0.5) is 5.69 Å². The van der Waals surface area contributed by atoms with E-state index < -0.39 is 5.91 Å². The molecule has 0 fully saturated rings. The van der Waals surface area contributed by atoms with Crippen LogP contribution in [0.5, 0.6) is 0 Å². The zero-order chi connectivity index (χ0) is 15.2. The van der Waals surface area contributed by atoms with Gasteiger partial charge >= 0.3 is 0 Å². The molecule has 2 rings (SSSR count). The van der Waals surface area contributed by atoms with Crippen LogP contribution < -0.4 is 16.4 Å². The molecule has 0 aliphatic heterocycles. The van der Waals surface area contributed by atoms with Crippen molar-refractivity contribution in [3.05, 3.63) is 47.8 Å². The third-order valence-electron chi connectivity index (χ3n) is 2.86. The Morgan fingerprint density at radius 2 is 2.10 bits per heavy atom. The molecule has 1 heterocycles. The zero-order valence-electron chi connectivity index (χ0n) is 11.7. The minimum atomic E-state index is -0.587. The lowest BCUT2D eigenvalue weighted by Gasteiger charge is -2.09. The molecular weight excluding hydrogens is 286 g/mol. The van der Waals surface area contributed by atoms with Crippen LogP contribution in [0.25, 0.3) is 0 Å². The molecule has 0 radical (unpaired) electrons. The second-order valence-corrected chi connectivity index (χ2v) is 4.81. The molecule has 0 atom stereocenters. The van der Waals surface area contributed by atoms with E-state index in [-0.39, 0.29) is 5.69 Å². The van der Waals surface area contributed by atoms with Crippen LogP contribution in [0, 0.1) is 0 Å². The maximum Gasteiger partial charge on any atom is 0.271 e. The summed E-state index contributed by atoms with van der Waals surface area (Å²) in [6, 6.07) is 9.88. The summed E-state index contributed by atoms with van der Waals surface area (Å²) < 4.78 is 1.63. The fourth-order valence-corrected chi connectivity index (χ4v) is 1.98. The smallest absolute Gasteiger partial charge is 0.271 e. The Balaban J connectivity index is 1.99. The van der Waals surface area contributed by atoms with Crippen molar-refractivity contribution >= 4 is 28.9 Å². The molecule has 1 amide bonds. The second-order valence-electron chi connectivity index (χ2n) is 4.40. The van der Waals surface area contributed by atoms with Crippen LogP contribution in [0.3, 0.4) is 0 Å². The van der Waals surface area contributed by atoms with E-state index in [4.69, 9.17) is 18.0 Å². The fourth-order valence-electron chi connectivity index (χ4n) is 1.80. The normalized spacial score (nSPS) is 10.1. The van der Waals surface area contributed by atoms with Gasteiger partial charge in [-0.1, -0.05) is 30.3 Å². The number of carbonyl (C=O) groups excluding carboxylic acids is 1. The average Bonchev–Trinajstić information content (AvgIpc) is 2.89. The first-order chi connectivity index (χ1) is 10.1. The van der Waals surface area contributed by atoms with E-state index in [0.29, 0.717) is 23.9 Å². The van der Waals surface area contributed by atoms with Crippen LogP contribution in [0.2, 0.25) is 0 Å². The first-order valence-corrected chi connectivity index (χ1v) is 6.97. The summed E-state index contributed by atoms with van der Waals surface area (Å²) in [5.74, 6) is -0.587. The van der Waals surface area contributed by atoms with Gasteiger partial charge in [-0.25, -0.2) is 0 Å². The van der Waals surface area contributed by atoms with Gasteiger partial charge in [0.25, 0.3) is 5.91 Å². The highest BCUT2D eigenvalue weighted by Gasteiger charge is 2.14. The number of aryl methyl sites for hydroxylation is 1. The summed E-state index contributed by atoms with van der Waals surface area (Å²) in [5.41, 5.74) is 7.11. The topological polar surface area (TPSA) is 85.0 Å². The molecule has 4 N–H and O–H groups in total. The molecule has 0 aliphatic carbocycles. The standard InChI is InChI=1S/C14H17N5OS/c1-2-19-9-11(12(18-19)13(15)20)17-14(21)16-8-10-6-4-3-5-7-10/h3-7,9H,2,8H2,1H3,(H2,15,20)(H2,16,17,21). The number of amides is 1. The van der Waals surface area contributed by atoms with Gasteiger partial charge < -0.3 is 16.4 Å². The number of anilines is 1. The lowest BCUT2D eigenvalue weighted by Crippen LogP contribution is -2.28. The first-order valence-electron chi connectivity index (χ1n) is 6.56. The average molecular weight is 303 g/mol. The van der Waals surface area contributed by atoms with E-state index in [9.17, 15) is 4.79 Å². The monoisotopic (exact) mass is 303 g/mol. The molecule has 0 saturated heterocycles. The van der Waals surface area contributed by atoms with E-state index in [1.165, 1.54) is 0 Å². The van der Waals surface area contributed by atoms with Gasteiger partial charge in [0.15, 0.2) is 10.8 Å². The third kappa shape index (κ3) is 4.03. The number of carbonyl (C=O) groups is 1. The Labute approximate surface area is 128 Å². The Kier molecular flexibility index (Phi) is 4.89. The van der Waals surface area contributed by atoms with Crippen molar-refractivity contribution in [2.24, 2.45) is 5.73 Å². The predicted octanol–water partition coefficient (Wildman–Crippen LogP) is 1.49. The van der Waals surface area contributed by atoms with Gasteiger partial charge in [-0.15, -0.1) is 0 Å². The summed E-state index contributed by atoms with van der Waals surface area (Å²) in [7, 11) is 0. The highest BCUT2D eigenvalue weighted by atomic mass is 32.1. The van der Waals surface area contributed by atoms with Gasteiger partial charge in [-0.2, -0.15) is 5.10 Å². The van der Waals surface area contributed by atoms with Crippen LogP contribution in [-0.4, -0.2) is 20.8 Å². The maximum atomic E-state index is 11.4. The predicted molar refractivity (Wildman–Crippen MR) is 85.9 cm³/mol. The maximum absolute atomic E-state index is 11.4. The van der Waals surface area contributed by atoms with E-state index >= 15 is 0 Å². The Morgan fingerprint density at radius 1 is 1.38 bits per heavy atom. The lowest BCUT2D eigenvalue weighted by molar-refractivity contribution is 0.0995. The number of nitrogens with one attached hydrogen (secondary N) is 2. The number of hydrogen-bond donors (Lipinski definition) is 3. The SMILES string of the molecule is CCn1cc(NC(=S)NCc2ccccc2)c(C(N)=O)n1. The van der Waals surface area contributed by atoms with E-state index in [1.807, 2.05) is 37.3 Å². The second kappa shape index (κ2) is 6.85. The molecule has 0 saturated carbocycles. The molecule has 0 bridgehead atoms. The highest BCUT2D eigenvalue weighted by molar-refractivity contribution is 7.80. The van der Waals surface area contributed by atoms with Crippen LogP contribution >= 0.6 is 12.2 Å². The molecule has 0 aliphatic rings. The summed E-state index contributed by atoms with van der Waals surface area (Å²) in [6.45, 7) is 3.17. The minimum absolute atomic E-state index is 0.181. The molecule has 1 aromatic heterocycles. The minimum Gasteiger partial charge on any atom is -0.364 e. The van der Waals surface area contributed by atoms with Gasteiger partial charge in [0.05, 0.1) is 5.69 Å². The molecule has 0 spiro atoms.